The molecule has 0 saturated heterocycles. The van der Waals surface area contributed by atoms with Gasteiger partial charge in [-0.2, -0.15) is 9.59 Å². The summed E-state index contributed by atoms with van der Waals surface area (Å²) >= 11 is 28.9. The summed E-state index contributed by atoms with van der Waals surface area (Å²) in [4.78, 5) is 29.1. The van der Waals surface area contributed by atoms with E-state index >= 15 is 0 Å². The summed E-state index contributed by atoms with van der Waals surface area (Å²) in [7, 11) is 0. The highest BCUT2D eigenvalue weighted by molar-refractivity contribution is 7.19. The van der Waals surface area contributed by atoms with Gasteiger partial charge in [-0.3, -0.25) is 0 Å². The zero-order chi connectivity index (χ0) is 50.9. The van der Waals surface area contributed by atoms with Crippen molar-refractivity contribution in [1.29, 1.82) is 0 Å². The summed E-state index contributed by atoms with van der Waals surface area (Å²) < 4.78 is 26.3. The topological polar surface area (TPSA) is 175 Å². The lowest BCUT2D eigenvalue weighted by molar-refractivity contribution is -0.191. The fraction of sp³-hybridized carbons (Fsp3) is 0.370. The average Bonchev–Trinajstić information content (AvgIpc) is 4.22. The van der Waals surface area contributed by atoms with Crippen molar-refractivity contribution in [1.82, 2.24) is 20.3 Å². The van der Waals surface area contributed by atoms with E-state index in [-0.39, 0.29) is 18.4 Å². The Labute approximate surface area is 448 Å². The second-order valence-corrected chi connectivity index (χ2v) is 22.6. The van der Waals surface area contributed by atoms with Gasteiger partial charge >= 0.3 is 6.15 Å². The lowest BCUT2D eigenvalue weighted by atomic mass is 9.83. The Hall–Kier alpha value is -5.05. The molecule has 0 unspecified atom stereocenters. The highest BCUT2D eigenvalue weighted by Crippen LogP contribution is 2.49. The first-order valence-electron chi connectivity index (χ1n) is 24.1. The summed E-state index contributed by atoms with van der Waals surface area (Å²) in [6.07, 6.45) is 9.98. The SMILES string of the molecule is O=C=O.OC1(c2nc3ccccc3s2)CCC(OCc2c(-c3c(Cl)cccc3Cl)noc2C2CC2)CC1.[C-]#[N+]c1ccc2nc(C3(O)CCC(OCc4c(-c5c(Cl)cccc5Cl)noc4C4CC4)CC3)sc2c1. The van der Waals surface area contributed by atoms with Crippen LogP contribution in [-0.4, -0.2) is 48.9 Å². The first kappa shape index (κ1) is 51.4. The average molecular weight is 1100 g/mol. The molecular formula is C54H47Cl4N5O8S2. The van der Waals surface area contributed by atoms with Gasteiger partial charge in [-0.15, -0.1) is 22.7 Å². The minimum atomic E-state index is -0.978. The minimum Gasteiger partial charge on any atom is -0.383 e. The molecule has 0 aliphatic heterocycles. The van der Waals surface area contributed by atoms with Gasteiger partial charge in [0.15, 0.2) is 5.69 Å². The molecule has 4 saturated carbocycles. The highest BCUT2D eigenvalue weighted by atomic mass is 35.5. The Balaban J connectivity index is 0.000000159. The van der Waals surface area contributed by atoms with Gasteiger partial charge in [-0.05, 0) is 126 Å². The lowest BCUT2D eigenvalue weighted by Crippen LogP contribution is -2.34. The van der Waals surface area contributed by atoms with Crippen LogP contribution in [0.4, 0.5) is 5.69 Å². The van der Waals surface area contributed by atoms with Crippen molar-refractivity contribution < 1.29 is 38.3 Å². The molecule has 4 aromatic carbocycles. The van der Waals surface area contributed by atoms with E-state index in [9.17, 15) is 10.2 Å². The van der Waals surface area contributed by atoms with Crippen molar-refractivity contribution in [3.63, 3.8) is 0 Å². The van der Waals surface area contributed by atoms with Crippen LogP contribution in [-0.2, 0) is 43.5 Å². The number of ether oxygens (including phenoxy) is 2. The number of hydrogen-bond donors (Lipinski definition) is 2. The van der Waals surface area contributed by atoms with E-state index < -0.39 is 11.2 Å². The lowest BCUT2D eigenvalue weighted by Gasteiger charge is -2.34. The van der Waals surface area contributed by atoms with E-state index in [0.29, 0.717) is 117 Å². The number of benzene rings is 4. The Kier molecular flexibility index (Phi) is 15.5. The number of aliphatic hydroxyl groups is 2. The van der Waals surface area contributed by atoms with Gasteiger partial charge in [0.05, 0.1) is 67.8 Å². The molecular weight excluding hydrogens is 1050 g/mol. The van der Waals surface area contributed by atoms with Crippen molar-refractivity contribution in [2.45, 2.75) is 126 Å². The van der Waals surface area contributed by atoms with E-state index in [1.165, 1.54) is 11.3 Å². The Morgan fingerprint density at radius 1 is 0.616 bits per heavy atom. The van der Waals surface area contributed by atoms with E-state index in [1.807, 2.05) is 60.7 Å². The quantitative estimate of drug-likeness (QED) is 0.111. The van der Waals surface area contributed by atoms with Crippen LogP contribution in [0.15, 0.2) is 87.9 Å². The number of hydrogen-bond acceptors (Lipinski definition) is 14. The summed E-state index contributed by atoms with van der Waals surface area (Å²) in [6, 6.07) is 24.3. The van der Waals surface area contributed by atoms with E-state index in [2.05, 4.69) is 20.1 Å². The van der Waals surface area contributed by atoms with E-state index in [0.717, 1.165) is 86.6 Å². The Morgan fingerprint density at radius 3 is 1.47 bits per heavy atom. The molecule has 376 valence electrons. The Bertz CT molecular complexity index is 3280. The maximum absolute atomic E-state index is 11.4. The molecule has 4 aliphatic carbocycles. The van der Waals surface area contributed by atoms with Crippen LogP contribution in [0.2, 0.25) is 20.1 Å². The zero-order valence-electron chi connectivity index (χ0n) is 39.1. The van der Waals surface area contributed by atoms with Crippen molar-refractivity contribution in [2.24, 2.45) is 0 Å². The fourth-order valence-electron chi connectivity index (χ4n) is 9.65. The molecule has 0 atom stereocenters. The predicted octanol–water partition coefficient (Wildman–Crippen LogP) is 14.9. The van der Waals surface area contributed by atoms with Crippen LogP contribution in [0.3, 0.4) is 0 Å². The van der Waals surface area contributed by atoms with E-state index in [4.69, 9.17) is 86.1 Å². The van der Waals surface area contributed by atoms with Gasteiger partial charge in [0, 0.05) is 38.8 Å². The maximum atomic E-state index is 11.4. The molecule has 0 radical (unpaired) electrons. The number of rotatable bonds is 12. The first-order valence-corrected chi connectivity index (χ1v) is 27.2. The third-order valence-electron chi connectivity index (χ3n) is 14.0. The Morgan fingerprint density at radius 2 is 1.04 bits per heavy atom. The van der Waals surface area contributed by atoms with Crippen LogP contribution in [0.1, 0.15) is 122 Å². The largest absolute Gasteiger partial charge is 0.383 e. The maximum Gasteiger partial charge on any atom is 0.373 e. The molecule has 0 spiro atoms. The first-order chi connectivity index (χ1) is 35.4. The van der Waals surface area contributed by atoms with Gasteiger partial charge in [-0.25, -0.2) is 14.8 Å². The molecule has 2 N–H and O–H groups in total. The molecule has 13 nitrogen and oxygen atoms in total. The van der Waals surface area contributed by atoms with Crippen LogP contribution in [0.5, 0.6) is 0 Å². The normalized spacial score (nSPS) is 21.7. The minimum absolute atomic E-state index is 0.00453. The second kappa shape index (κ2) is 22.0. The number of fused-ring (bicyclic) bond motifs is 2. The van der Waals surface area contributed by atoms with Crippen molar-refractivity contribution in [3.05, 3.63) is 143 Å². The summed E-state index contributed by atoms with van der Waals surface area (Å²) in [6.45, 7) is 7.96. The van der Waals surface area contributed by atoms with Gasteiger partial charge < -0.3 is 28.7 Å². The summed E-state index contributed by atoms with van der Waals surface area (Å²) in [5, 5.41) is 35.1. The number of thiazole rings is 2. The number of aromatic nitrogens is 4. The molecule has 0 bridgehead atoms. The smallest absolute Gasteiger partial charge is 0.373 e. The molecule has 0 amide bonds. The molecule has 73 heavy (non-hydrogen) atoms. The highest BCUT2D eigenvalue weighted by Gasteiger charge is 2.41. The molecule has 12 rings (SSSR count). The van der Waals surface area contributed by atoms with Crippen molar-refractivity contribution >= 4 is 101 Å². The third kappa shape index (κ3) is 11.2. The number of nitrogens with zero attached hydrogens (tertiary/aromatic N) is 5. The number of carbonyl (C=O) groups excluding carboxylic acids is 2. The third-order valence-corrected chi connectivity index (χ3v) is 17.7. The molecule has 19 heteroatoms. The van der Waals surface area contributed by atoms with Crippen molar-refractivity contribution in [2.75, 3.05) is 0 Å². The van der Waals surface area contributed by atoms with Gasteiger partial charge in [0.1, 0.15) is 44.1 Å². The standard InChI is InChI=1S/C27H23Cl2N3O3S.C26H24Cl2N2O3S.CO2/c1-30-16-7-8-21-22(13-16)36-26(31-21)27(33)11-9-17(10-12-27)34-14-18-24(32-35-25(18)15-5-6-15)23-19(28)3-2-4-20(23)29;27-18-4-3-5-19(28)22(18)23-17(24(33-30-23)15-8-9-15)14-32-16-10-12-26(31,13-11-16)25-29-20-6-1-2-7-21(20)34-25;2-1-3/h2-4,7-8,13,15,17,33H,5-6,9-12,14H2;1-7,15-16,31H,8-14H2;. The summed E-state index contributed by atoms with van der Waals surface area (Å²) in [5.41, 5.74) is 5.00. The number of para-hydroxylation sites is 1. The zero-order valence-corrected chi connectivity index (χ0v) is 43.8. The molecule has 4 fully saturated rings. The van der Waals surface area contributed by atoms with Crippen LogP contribution < -0.4 is 0 Å². The van der Waals surface area contributed by atoms with Crippen LogP contribution in [0, 0.1) is 6.57 Å². The molecule has 4 aliphatic rings. The van der Waals surface area contributed by atoms with Crippen molar-refractivity contribution in [3.8, 4) is 22.5 Å². The van der Waals surface area contributed by atoms with Crippen LogP contribution >= 0.6 is 69.1 Å². The molecule has 8 aromatic rings. The van der Waals surface area contributed by atoms with Gasteiger partial charge in [-0.1, -0.05) is 87.0 Å². The van der Waals surface area contributed by atoms with Gasteiger partial charge in [0.2, 0.25) is 0 Å². The van der Waals surface area contributed by atoms with Gasteiger partial charge in [0.25, 0.3) is 0 Å². The predicted molar refractivity (Wildman–Crippen MR) is 280 cm³/mol. The monoisotopic (exact) mass is 1100 g/mol. The number of halogens is 4. The molecule has 4 heterocycles. The summed E-state index contributed by atoms with van der Waals surface area (Å²) in [5.74, 6) is 2.50. The van der Waals surface area contributed by atoms with E-state index in [1.54, 1.807) is 29.5 Å². The van der Waals surface area contributed by atoms with Crippen LogP contribution in [0.25, 0.3) is 47.8 Å². The molecule has 4 aromatic heterocycles. The second-order valence-electron chi connectivity index (χ2n) is 18.9. The fourth-order valence-corrected chi connectivity index (χ4v) is 13.1.